The minimum Gasteiger partial charge on any atom is -0.497 e. The molecule has 0 saturated heterocycles. The Morgan fingerprint density at radius 2 is 1.70 bits per heavy atom. The van der Waals surface area contributed by atoms with Gasteiger partial charge in [-0.15, -0.1) is 0 Å². The first-order valence-electron chi connectivity index (χ1n) is 6.41. The molecule has 0 aliphatic rings. The third-order valence-electron chi connectivity index (χ3n) is 2.86. The molecule has 2 rings (SSSR count). The highest BCUT2D eigenvalue weighted by atomic mass is 79.9. The topological polar surface area (TPSA) is 93.4 Å². The van der Waals surface area contributed by atoms with E-state index in [1.54, 1.807) is 18.2 Å². The van der Waals surface area contributed by atoms with Crippen LogP contribution < -0.4 is 21.1 Å². The monoisotopic (exact) mass is 441 g/mol. The summed E-state index contributed by atoms with van der Waals surface area (Å²) in [6, 6.07) is 9.43. The number of carbonyl (C=O) groups excluding carboxylic acids is 2. The predicted molar refractivity (Wildman–Crippen MR) is 96.0 cm³/mol. The zero-order chi connectivity index (χ0) is 17.0. The normalized spacial score (nSPS) is 10.0. The van der Waals surface area contributed by atoms with Crippen LogP contribution in [0.3, 0.4) is 0 Å². The minimum absolute atomic E-state index is 0.191. The zero-order valence-corrected chi connectivity index (χ0v) is 15.2. The standard InChI is InChI=1S/C15H13Br2N3O3/c1-23-11-2-3-12(14(18)21)13(7-11)20-15(22)19-10-5-8(16)4-9(17)6-10/h2-7H,1H3,(H2,18,21)(H2,19,20,22). The summed E-state index contributed by atoms with van der Waals surface area (Å²) >= 11 is 6.68. The number of nitrogens with one attached hydrogen (secondary N) is 2. The number of amides is 3. The Labute approximate surface area is 149 Å². The summed E-state index contributed by atoms with van der Waals surface area (Å²) in [5.74, 6) is -0.149. The van der Waals surface area contributed by atoms with Crippen molar-refractivity contribution in [1.29, 1.82) is 0 Å². The molecule has 8 heteroatoms. The minimum atomic E-state index is -0.645. The van der Waals surface area contributed by atoms with E-state index in [1.165, 1.54) is 19.2 Å². The van der Waals surface area contributed by atoms with Crippen molar-refractivity contribution in [2.45, 2.75) is 0 Å². The fourth-order valence-corrected chi connectivity index (χ4v) is 3.17. The number of hydrogen-bond acceptors (Lipinski definition) is 3. The maximum atomic E-state index is 12.1. The summed E-state index contributed by atoms with van der Waals surface area (Å²) in [4.78, 5) is 23.6. The largest absolute Gasteiger partial charge is 0.497 e. The Morgan fingerprint density at radius 1 is 1.04 bits per heavy atom. The molecule has 0 saturated carbocycles. The zero-order valence-electron chi connectivity index (χ0n) is 12.0. The molecule has 23 heavy (non-hydrogen) atoms. The first-order chi connectivity index (χ1) is 10.9. The number of halogens is 2. The third kappa shape index (κ3) is 4.70. The van der Waals surface area contributed by atoms with Crippen LogP contribution in [0.25, 0.3) is 0 Å². The molecule has 2 aromatic carbocycles. The molecular weight excluding hydrogens is 430 g/mol. The van der Waals surface area contributed by atoms with Gasteiger partial charge in [0, 0.05) is 20.7 Å². The molecule has 0 radical (unpaired) electrons. The van der Waals surface area contributed by atoms with Crippen LogP contribution in [0.2, 0.25) is 0 Å². The molecule has 6 nitrogen and oxygen atoms in total. The van der Waals surface area contributed by atoms with Gasteiger partial charge in [-0.25, -0.2) is 4.79 Å². The van der Waals surface area contributed by atoms with Gasteiger partial charge in [0.2, 0.25) is 0 Å². The molecule has 4 N–H and O–H groups in total. The number of methoxy groups -OCH3 is 1. The number of nitrogens with two attached hydrogens (primary N) is 1. The molecule has 2 aromatic rings. The fraction of sp³-hybridized carbons (Fsp3) is 0.0667. The van der Waals surface area contributed by atoms with Crippen molar-refractivity contribution >= 4 is 55.2 Å². The lowest BCUT2D eigenvalue weighted by molar-refractivity contribution is 0.100. The molecule has 3 amide bonds. The van der Waals surface area contributed by atoms with Crippen molar-refractivity contribution in [2.75, 3.05) is 17.7 Å². The first kappa shape index (κ1) is 17.3. The molecule has 0 atom stereocenters. The van der Waals surface area contributed by atoms with Crippen LogP contribution >= 0.6 is 31.9 Å². The van der Waals surface area contributed by atoms with Crippen LogP contribution in [0.15, 0.2) is 45.3 Å². The summed E-state index contributed by atoms with van der Waals surface area (Å²) in [6.07, 6.45) is 0. The van der Waals surface area contributed by atoms with Crippen molar-refractivity contribution in [1.82, 2.24) is 0 Å². The lowest BCUT2D eigenvalue weighted by atomic mass is 10.1. The van der Waals surface area contributed by atoms with Crippen LogP contribution in [-0.4, -0.2) is 19.0 Å². The summed E-state index contributed by atoms with van der Waals surface area (Å²) in [5.41, 5.74) is 6.34. The second-order valence-corrected chi connectivity index (χ2v) is 6.34. The van der Waals surface area contributed by atoms with Crippen LogP contribution in [0.1, 0.15) is 10.4 Å². The van der Waals surface area contributed by atoms with Crippen LogP contribution in [0.4, 0.5) is 16.2 Å². The highest BCUT2D eigenvalue weighted by Gasteiger charge is 2.12. The maximum absolute atomic E-state index is 12.1. The van der Waals surface area contributed by atoms with E-state index in [9.17, 15) is 9.59 Å². The Hall–Kier alpha value is -2.06. The highest BCUT2D eigenvalue weighted by Crippen LogP contribution is 2.25. The average Bonchev–Trinajstić information content (AvgIpc) is 2.45. The number of urea groups is 1. The van der Waals surface area contributed by atoms with E-state index in [1.807, 2.05) is 6.07 Å². The van der Waals surface area contributed by atoms with Crippen molar-refractivity contribution < 1.29 is 14.3 Å². The number of hydrogen-bond donors (Lipinski definition) is 3. The number of carbonyl (C=O) groups is 2. The summed E-state index contributed by atoms with van der Waals surface area (Å²) < 4.78 is 6.70. The highest BCUT2D eigenvalue weighted by molar-refractivity contribution is 9.11. The quantitative estimate of drug-likeness (QED) is 0.668. The van der Waals surface area contributed by atoms with Gasteiger partial charge in [-0.05, 0) is 30.3 Å². The SMILES string of the molecule is COc1ccc(C(N)=O)c(NC(=O)Nc2cc(Br)cc(Br)c2)c1. The number of ether oxygens (including phenoxy) is 1. The molecule has 0 heterocycles. The van der Waals surface area contributed by atoms with E-state index >= 15 is 0 Å². The summed E-state index contributed by atoms with van der Waals surface area (Å²) in [5, 5.41) is 5.27. The second kappa shape index (κ2) is 7.47. The van der Waals surface area contributed by atoms with E-state index in [4.69, 9.17) is 10.5 Å². The van der Waals surface area contributed by atoms with E-state index in [-0.39, 0.29) is 11.3 Å². The van der Waals surface area contributed by atoms with Gasteiger partial charge in [-0.2, -0.15) is 0 Å². The van der Waals surface area contributed by atoms with Gasteiger partial charge in [0.15, 0.2) is 0 Å². The Balaban J connectivity index is 2.20. The number of rotatable bonds is 4. The smallest absolute Gasteiger partial charge is 0.323 e. The maximum Gasteiger partial charge on any atom is 0.323 e. The van der Waals surface area contributed by atoms with Crippen molar-refractivity contribution in [3.8, 4) is 5.75 Å². The molecule has 120 valence electrons. The molecular formula is C15H13Br2N3O3. The molecule has 0 unspecified atom stereocenters. The van der Waals surface area contributed by atoms with Crippen molar-refractivity contribution in [3.05, 3.63) is 50.9 Å². The molecule has 0 fully saturated rings. The van der Waals surface area contributed by atoms with Gasteiger partial charge < -0.3 is 21.1 Å². The van der Waals surface area contributed by atoms with Gasteiger partial charge in [0.05, 0.1) is 18.4 Å². The van der Waals surface area contributed by atoms with Crippen molar-refractivity contribution in [2.24, 2.45) is 5.73 Å². The van der Waals surface area contributed by atoms with E-state index in [0.29, 0.717) is 11.4 Å². The van der Waals surface area contributed by atoms with Crippen LogP contribution in [-0.2, 0) is 0 Å². The molecule has 0 spiro atoms. The Morgan fingerprint density at radius 3 is 2.26 bits per heavy atom. The lowest BCUT2D eigenvalue weighted by Gasteiger charge is -2.12. The van der Waals surface area contributed by atoms with E-state index in [2.05, 4.69) is 42.5 Å². The second-order valence-electron chi connectivity index (χ2n) is 4.51. The predicted octanol–water partition coefficient (Wildman–Crippen LogP) is 3.96. The molecule has 0 aliphatic heterocycles. The Kier molecular flexibility index (Phi) is 5.62. The van der Waals surface area contributed by atoms with Crippen molar-refractivity contribution in [3.63, 3.8) is 0 Å². The number of benzene rings is 2. The molecule has 0 aliphatic carbocycles. The Bertz CT molecular complexity index is 745. The lowest BCUT2D eigenvalue weighted by Crippen LogP contribution is -2.22. The molecule has 0 bridgehead atoms. The third-order valence-corrected chi connectivity index (χ3v) is 3.78. The van der Waals surface area contributed by atoms with Gasteiger partial charge in [-0.1, -0.05) is 31.9 Å². The van der Waals surface area contributed by atoms with Crippen LogP contribution in [0.5, 0.6) is 5.75 Å². The van der Waals surface area contributed by atoms with E-state index in [0.717, 1.165) is 8.95 Å². The van der Waals surface area contributed by atoms with Crippen LogP contribution in [0, 0.1) is 0 Å². The summed E-state index contributed by atoms with van der Waals surface area (Å²) in [6.45, 7) is 0. The first-order valence-corrected chi connectivity index (χ1v) is 7.99. The van der Waals surface area contributed by atoms with Gasteiger partial charge in [-0.3, -0.25) is 4.79 Å². The summed E-state index contributed by atoms with van der Waals surface area (Å²) in [7, 11) is 1.49. The van der Waals surface area contributed by atoms with Gasteiger partial charge in [0.1, 0.15) is 5.75 Å². The molecule has 0 aromatic heterocycles. The number of primary amides is 1. The average molecular weight is 443 g/mol. The fourth-order valence-electron chi connectivity index (χ4n) is 1.88. The van der Waals surface area contributed by atoms with Gasteiger partial charge >= 0.3 is 6.03 Å². The number of anilines is 2. The van der Waals surface area contributed by atoms with E-state index < -0.39 is 11.9 Å². The van der Waals surface area contributed by atoms with Gasteiger partial charge in [0.25, 0.3) is 5.91 Å².